The third kappa shape index (κ3) is 5.81. The topological polar surface area (TPSA) is 90.9 Å². The number of ether oxygens (including phenoxy) is 3. The van der Waals surface area contributed by atoms with E-state index in [-0.39, 0.29) is 13.2 Å². The molecule has 1 aliphatic carbocycles. The monoisotopic (exact) mass is 479 g/mol. The fourth-order valence-electron chi connectivity index (χ4n) is 3.42. The Morgan fingerprint density at radius 2 is 1.97 bits per heavy atom. The molecule has 1 unspecified atom stereocenters. The number of nitrogens with one attached hydrogen (secondary N) is 1. The number of amides is 1. The maximum atomic E-state index is 12.7. The maximum absolute atomic E-state index is 12.7. The van der Waals surface area contributed by atoms with Gasteiger partial charge in [-0.05, 0) is 75.8 Å². The van der Waals surface area contributed by atoms with E-state index in [0.717, 1.165) is 41.7 Å². The number of carbonyl (C=O) groups is 3. The summed E-state index contributed by atoms with van der Waals surface area (Å²) in [5.41, 5.74) is 2.19. The van der Waals surface area contributed by atoms with Gasteiger partial charge in [0.15, 0.2) is 12.7 Å². The fourth-order valence-corrected chi connectivity index (χ4v) is 4.82. The molecule has 172 valence electrons. The smallest absolute Gasteiger partial charge is 0.344 e. The lowest BCUT2D eigenvalue weighted by Crippen LogP contribution is -2.32. The maximum Gasteiger partial charge on any atom is 0.344 e. The highest BCUT2D eigenvalue weighted by Crippen LogP contribution is 2.38. The van der Waals surface area contributed by atoms with Crippen LogP contribution in [0, 0.1) is 6.92 Å². The van der Waals surface area contributed by atoms with E-state index < -0.39 is 23.9 Å². The molecule has 1 amide bonds. The van der Waals surface area contributed by atoms with Crippen molar-refractivity contribution < 1.29 is 28.6 Å². The molecule has 0 saturated heterocycles. The minimum absolute atomic E-state index is 0.248. The zero-order chi connectivity index (χ0) is 23.3. The Morgan fingerprint density at radius 3 is 2.69 bits per heavy atom. The molecule has 0 radical (unpaired) electrons. The van der Waals surface area contributed by atoms with Crippen molar-refractivity contribution in [3.8, 4) is 5.75 Å². The van der Waals surface area contributed by atoms with E-state index >= 15 is 0 Å². The van der Waals surface area contributed by atoms with Gasteiger partial charge in [-0.25, -0.2) is 9.59 Å². The molecular formula is C23H26ClNO6S. The first-order chi connectivity index (χ1) is 15.3. The lowest BCUT2D eigenvalue weighted by atomic mass is 9.95. The van der Waals surface area contributed by atoms with Gasteiger partial charge in [-0.2, -0.15) is 0 Å². The molecule has 0 bridgehead atoms. The Morgan fingerprint density at radius 1 is 1.22 bits per heavy atom. The third-order valence-electron chi connectivity index (χ3n) is 5.05. The number of fused-ring (bicyclic) bond motifs is 1. The average molecular weight is 480 g/mol. The normalized spacial score (nSPS) is 13.6. The standard InChI is InChI=1S/C23H26ClNO6S/c1-4-29-23(28)20-16-7-5-6-8-18(16)32-22(20)25-21(27)14(3)31-19(26)12-30-15-9-10-17(24)13(2)11-15/h9-11,14H,4-8,12H2,1-3H3,(H,25,27). The second-order valence-electron chi connectivity index (χ2n) is 7.46. The van der Waals surface area contributed by atoms with Crippen LogP contribution in [-0.4, -0.2) is 37.2 Å². The van der Waals surface area contributed by atoms with Gasteiger partial charge in [0.05, 0.1) is 12.2 Å². The van der Waals surface area contributed by atoms with Gasteiger partial charge in [-0.3, -0.25) is 4.79 Å². The fraction of sp³-hybridized carbons (Fsp3) is 0.435. The molecule has 0 fully saturated rings. The van der Waals surface area contributed by atoms with E-state index in [1.54, 1.807) is 25.1 Å². The number of aryl methyl sites for hydroxylation is 2. The van der Waals surface area contributed by atoms with Crippen molar-refractivity contribution in [2.45, 2.75) is 52.6 Å². The first-order valence-corrected chi connectivity index (χ1v) is 11.7. The minimum Gasteiger partial charge on any atom is -0.482 e. The number of esters is 2. The summed E-state index contributed by atoms with van der Waals surface area (Å²) in [4.78, 5) is 38.4. The number of benzene rings is 1. The molecule has 7 nitrogen and oxygen atoms in total. The van der Waals surface area contributed by atoms with Gasteiger partial charge in [0.2, 0.25) is 0 Å². The number of anilines is 1. The van der Waals surface area contributed by atoms with Gasteiger partial charge < -0.3 is 19.5 Å². The summed E-state index contributed by atoms with van der Waals surface area (Å²) in [7, 11) is 0. The molecule has 0 aliphatic heterocycles. The van der Waals surface area contributed by atoms with E-state index in [1.807, 2.05) is 6.92 Å². The molecule has 2 aromatic rings. The average Bonchev–Trinajstić information content (AvgIpc) is 3.12. The second-order valence-corrected chi connectivity index (χ2v) is 8.97. The van der Waals surface area contributed by atoms with Crippen molar-refractivity contribution >= 4 is 45.8 Å². The van der Waals surface area contributed by atoms with Crippen LogP contribution in [0.3, 0.4) is 0 Å². The highest BCUT2D eigenvalue weighted by Gasteiger charge is 2.28. The molecule has 1 aromatic heterocycles. The van der Waals surface area contributed by atoms with Crippen molar-refractivity contribution in [3.05, 3.63) is 44.8 Å². The summed E-state index contributed by atoms with van der Waals surface area (Å²) < 4.78 is 15.8. The Bertz CT molecular complexity index is 1020. The summed E-state index contributed by atoms with van der Waals surface area (Å²) in [6, 6.07) is 5.03. The molecule has 0 saturated carbocycles. The zero-order valence-electron chi connectivity index (χ0n) is 18.3. The van der Waals surface area contributed by atoms with Crippen LogP contribution in [0.4, 0.5) is 5.00 Å². The van der Waals surface area contributed by atoms with Crippen LogP contribution in [0.5, 0.6) is 5.75 Å². The van der Waals surface area contributed by atoms with E-state index in [1.165, 1.54) is 18.3 Å². The molecule has 1 N–H and O–H groups in total. The van der Waals surface area contributed by atoms with E-state index in [0.29, 0.717) is 21.3 Å². The number of rotatable bonds is 8. The lowest BCUT2D eigenvalue weighted by Gasteiger charge is -2.15. The molecule has 1 heterocycles. The lowest BCUT2D eigenvalue weighted by molar-refractivity contribution is -0.155. The first kappa shape index (κ1) is 24.1. The molecular weight excluding hydrogens is 454 g/mol. The highest BCUT2D eigenvalue weighted by molar-refractivity contribution is 7.17. The van der Waals surface area contributed by atoms with Gasteiger partial charge in [0.25, 0.3) is 5.91 Å². The van der Waals surface area contributed by atoms with Crippen LogP contribution in [-0.2, 0) is 31.9 Å². The van der Waals surface area contributed by atoms with Crippen molar-refractivity contribution in [2.75, 3.05) is 18.5 Å². The molecule has 3 rings (SSSR count). The van der Waals surface area contributed by atoms with Crippen LogP contribution in [0.2, 0.25) is 5.02 Å². The van der Waals surface area contributed by atoms with Gasteiger partial charge in [-0.1, -0.05) is 11.6 Å². The van der Waals surface area contributed by atoms with E-state index in [9.17, 15) is 14.4 Å². The van der Waals surface area contributed by atoms with E-state index in [4.69, 9.17) is 25.8 Å². The largest absolute Gasteiger partial charge is 0.482 e. The zero-order valence-corrected chi connectivity index (χ0v) is 19.9. The summed E-state index contributed by atoms with van der Waals surface area (Å²) in [6.45, 7) is 4.94. The third-order valence-corrected chi connectivity index (χ3v) is 6.68. The highest BCUT2D eigenvalue weighted by atomic mass is 35.5. The number of carbonyl (C=O) groups excluding carboxylic acids is 3. The summed E-state index contributed by atoms with van der Waals surface area (Å²) in [5.74, 6) is -1.18. The van der Waals surface area contributed by atoms with E-state index in [2.05, 4.69) is 5.32 Å². The number of hydrogen-bond donors (Lipinski definition) is 1. The number of halogens is 1. The second kappa shape index (κ2) is 10.8. The number of thiophene rings is 1. The summed E-state index contributed by atoms with van der Waals surface area (Å²) >= 11 is 7.36. The Kier molecular flexibility index (Phi) is 8.15. The Labute approximate surface area is 196 Å². The first-order valence-electron chi connectivity index (χ1n) is 10.5. The van der Waals surface area contributed by atoms with Gasteiger partial charge in [0, 0.05) is 9.90 Å². The SMILES string of the molecule is CCOC(=O)c1c(NC(=O)C(C)OC(=O)COc2ccc(Cl)c(C)c2)sc2c1CCCC2. The molecule has 1 aliphatic rings. The van der Waals surface area contributed by atoms with Crippen LogP contribution >= 0.6 is 22.9 Å². The predicted octanol–water partition coefficient (Wildman–Crippen LogP) is 4.71. The van der Waals surface area contributed by atoms with Crippen LogP contribution < -0.4 is 10.1 Å². The summed E-state index contributed by atoms with van der Waals surface area (Å²) in [6.07, 6.45) is 2.62. The summed E-state index contributed by atoms with van der Waals surface area (Å²) in [5, 5.41) is 3.79. The van der Waals surface area contributed by atoms with Crippen molar-refractivity contribution in [1.82, 2.24) is 0 Å². The van der Waals surface area contributed by atoms with Gasteiger partial charge in [0.1, 0.15) is 10.8 Å². The predicted molar refractivity (Wildman–Crippen MR) is 123 cm³/mol. The minimum atomic E-state index is -1.06. The van der Waals surface area contributed by atoms with Gasteiger partial charge in [-0.15, -0.1) is 11.3 Å². The molecule has 0 spiro atoms. The molecule has 1 aromatic carbocycles. The molecule has 9 heteroatoms. The van der Waals surface area contributed by atoms with Crippen molar-refractivity contribution in [1.29, 1.82) is 0 Å². The van der Waals surface area contributed by atoms with Gasteiger partial charge >= 0.3 is 11.9 Å². The number of hydrogen-bond acceptors (Lipinski definition) is 7. The quantitative estimate of drug-likeness (QED) is 0.551. The van der Waals surface area contributed by atoms with Crippen LogP contribution in [0.15, 0.2) is 18.2 Å². The Hall–Kier alpha value is -2.58. The molecule has 32 heavy (non-hydrogen) atoms. The molecule has 1 atom stereocenters. The van der Waals surface area contributed by atoms with Crippen LogP contribution in [0.25, 0.3) is 0 Å². The van der Waals surface area contributed by atoms with Crippen molar-refractivity contribution in [3.63, 3.8) is 0 Å². The van der Waals surface area contributed by atoms with Crippen LogP contribution in [0.1, 0.15) is 53.1 Å². The van der Waals surface area contributed by atoms with Crippen molar-refractivity contribution in [2.24, 2.45) is 0 Å². The Balaban J connectivity index is 1.61.